The van der Waals surface area contributed by atoms with Crippen LogP contribution >= 0.6 is 0 Å². The van der Waals surface area contributed by atoms with Gasteiger partial charge in [0.2, 0.25) is 0 Å². The third kappa shape index (κ3) is 5.88. The fraction of sp³-hybridized carbons (Fsp3) is 0.0370. The van der Waals surface area contributed by atoms with Crippen LogP contribution in [0.15, 0.2) is 97.2 Å². The number of benzene rings is 3. The number of rotatable bonds is 8. The molecule has 4 aromatic rings. The number of hydrogen-bond donors (Lipinski definition) is 2. The standard InChI is InChI=1S/C27H22N4O4/c28-27(34)22-13-7-8-14-23(22)29-24(32)18-35-25(33)16-15-20-17-31(21-11-5-2-6-12-21)30-26(20)19-9-3-1-4-10-19/h1-17H,18H2,(H2,28,34)(H,29,32). The molecule has 0 spiro atoms. The van der Waals surface area contributed by atoms with Crippen LogP contribution < -0.4 is 11.1 Å². The second kappa shape index (κ2) is 10.8. The molecule has 0 saturated heterocycles. The Labute approximate surface area is 201 Å². The summed E-state index contributed by atoms with van der Waals surface area (Å²) in [6, 6.07) is 25.5. The highest BCUT2D eigenvalue weighted by molar-refractivity contribution is 6.03. The van der Waals surface area contributed by atoms with Gasteiger partial charge in [-0.1, -0.05) is 60.7 Å². The number of nitrogens with two attached hydrogens (primary N) is 1. The SMILES string of the molecule is NC(=O)c1ccccc1NC(=O)COC(=O)C=Cc1cn(-c2ccccc2)nc1-c1ccccc1. The number of carbonyl (C=O) groups excluding carboxylic acids is 3. The van der Waals surface area contributed by atoms with Crippen molar-refractivity contribution in [2.24, 2.45) is 5.73 Å². The van der Waals surface area contributed by atoms with Crippen LogP contribution in [0, 0.1) is 0 Å². The van der Waals surface area contributed by atoms with Gasteiger partial charge in [-0.15, -0.1) is 0 Å². The van der Waals surface area contributed by atoms with E-state index in [0.29, 0.717) is 11.3 Å². The Morgan fingerprint density at radius 3 is 2.29 bits per heavy atom. The van der Waals surface area contributed by atoms with E-state index < -0.39 is 24.4 Å². The number of nitrogens with one attached hydrogen (secondary N) is 1. The van der Waals surface area contributed by atoms with Gasteiger partial charge in [0.05, 0.1) is 22.6 Å². The maximum absolute atomic E-state index is 12.3. The summed E-state index contributed by atoms with van der Waals surface area (Å²) in [6.07, 6.45) is 4.65. The summed E-state index contributed by atoms with van der Waals surface area (Å²) in [5.41, 5.74) is 8.88. The number of nitrogens with zero attached hydrogens (tertiary/aromatic N) is 2. The first kappa shape index (κ1) is 23.2. The fourth-order valence-electron chi connectivity index (χ4n) is 3.38. The van der Waals surface area contributed by atoms with Gasteiger partial charge >= 0.3 is 5.97 Å². The molecule has 8 heteroatoms. The summed E-state index contributed by atoms with van der Waals surface area (Å²) in [5.74, 6) is -1.97. The first-order valence-corrected chi connectivity index (χ1v) is 10.8. The maximum Gasteiger partial charge on any atom is 0.331 e. The number of aromatic nitrogens is 2. The average Bonchev–Trinajstić information content (AvgIpc) is 3.32. The molecular weight excluding hydrogens is 444 g/mol. The summed E-state index contributed by atoms with van der Waals surface area (Å²) in [5, 5.41) is 7.20. The second-order valence-corrected chi connectivity index (χ2v) is 7.48. The van der Waals surface area contributed by atoms with Crippen LogP contribution in [0.4, 0.5) is 5.69 Å². The lowest BCUT2D eigenvalue weighted by Crippen LogP contribution is -2.22. The van der Waals surface area contributed by atoms with E-state index in [1.54, 1.807) is 22.9 Å². The quantitative estimate of drug-likeness (QED) is 0.302. The number of ether oxygens (including phenoxy) is 1. The average molecular weight is 466 g/mol. The number of primary amides is 1. The molecule has 0 saturated carbocycles. The highest BCUT2D eigenvalue weighted by atomic mass is 16.5. The molecule has 0 aliphatic heterocycles. The molecule has 8 nitrogen and oxygen atoms in total. The van der Waals surface area contributed by atoms with Crippen molar-refractivity contribution in [3.63, 3.8) is 0 Å². The minimum absolute atomic E-state index is 0.163. The Balaban J connectivity index is 1.45. The smallest absolute Gasteiger partial charge is 0.331 e. The highest BCUT2D eigenvalue weighted by Crippen LogP contribution is 2.24. The van der Waals surface area contributed by atoms with Crippen LogP contribution in [0.25, 0.3) is 23.0 Å². The number of carbonyl (C=O) groups is 3. The maximum atomic E-state index is 12.3. The Hall–Kier alpha value is -4.98. The molecule has 1 heterocycles. The molecule has 4 rings (SSSR count). The first-order chi connectivity index (χ1) is 17.0. The van der Waals surface area contributed by atoms with Crippen LogP contribution in [0.1, 0.15) is 15.9 Å². The van der Waals surface area contributed by atoms with Crippen molar-refractivity contribution < 1.29 is 19.1 Å². The van der Waals surface area contributed by atoms with Gasteiger partial charge in [0.25, 0.3) is 11.8 Å². The molecule has 1 aromatic heterocycles. The molecule has 0 fully saturated rings. The van der Waals surface area contributed by atoms with Gasteiger partial charge in [0.15, 0.2) is 6.61 Å². The van der Waals surface area contributed by atoms with Crippen molar-refractivity contribution in [1.29, 1.82) is 0 Å². The van der Waals surface area contributed by atoms with E-state index in [0.717, 1.165) is 11.3 Å². The monoisotopic (exact) mass is 466 g/mol. The van der Waals surface area contributed by atoms with Gasteiger partial charge in [0, 0.05) is 23.4 Å². The van der Waals surface area contributed by atoms with E-state index in [-0.39, 0.29) is 11.3 Å². The zero-order valence-corrected chi connectivity index (χ0v) is 18.6. The molecule has 0 atom stereocenters. The van der Waals surface area contributed by atoms with E-state index in [4.69, 9.17) is 10.5 Å². The zero-order chi connectivity index (χ0) is 24.6. The predicted molar refractivity (Wildman–Crippen MR) is 133 cm³/mol. The van der Waals surface area contributed by atoms with Crippen molar-refractivity contribution in [1.82, 2.24) is 9.78 Å². The molecule has 0 aliphatic rings. The van der Waals surface area contributed by atoms with E-state index in [1.807, 2.05) is 66.9 Å². The van der Waals surface area contributed by atoms with E-state index in [1.165, 1.54) is 18.2 Å². The molecule has 0 radical (unpaired) electrons. The Kier molecular flexibility index (Phi) is 7.13. The van der Waals surface area contributed by atoms with Crippen LogP contribution in [0.5, 0.6) is 0 Å². The Morgan fingerprint density at radius 2 is 1.57 bits per heavy atom. The van der Waals surface area contributed by atoms with Crippen molar-refractivity contribution in [3.05, 3.63) is 108 Å². The van der Waals surface area contributed by atoms with Crippen molar-refractivity contribution in [2.75, 3.05) is 11.9 Å². The molecule has 3 aromatic carbocycles. The van der Waals surface area contributed by atoms with Crippen LogP contribution in [0.3, 0.4) is 0 Å². The topological polar surface area (TPSA) is 116 Å². The minimum Gasteiger partial charge on any atom is -0.452 e. The summed E-state index contributed by atoms with van der Waals surface area (Å²) in [7, 11) is 0. The molecule has 0 bridgehead atoms. The van der Waals surface area contributed by atoms with E-state index in [2.05, 4.69) is 10.4 Å². The van der Waals surface area contributed by atoms with Gasteiger partial charge in [-0.3, -0.25) is 9.59 Å². The van der Waals surface area contributed by atoms with Gasteiger partial charge in [-0.05, 0) is 30.3 Å². The predicted octanol–water partition coefficient (Wildman–Crippen LogP) is 3.83. The van der Waals surface area contributed by atoms with Gasteiger partial charge in [-0.2, -0.15) is 5.10 Å². The zero-order valence-electron chi connectivity index (χ0n) is 18.6. The Bertz CT molecular complexity index is 1380. The Morgan fingerprint density at radius 1 is 0.914 bits per heavy atom. The number of amides is 2. The largest absolute Gasteiger partial charge is 0.452 e. The second-order valence-electron chi connectivity index (χ2n) is 7.48. The lowest BCUT2D eigenvalue weighted by atomic mass is 10.1. The summed E-state index contributed by atoms with van der Waals surface area (Å²) in [6.45, 7) is -0.523. The highest BCUT2D eigenvalue weighted by Gasteiger charge is 2.13. The number of hydrogen-bond acceptors (Lipinski definition) is 5. The van der Waals surface area contributed by atoms with Gasteiger partial charge in [-0.25, -0.2) is 9.48 Å². The van der Waals surface area contributed by atoms with Crippen LogP contribution in [-0.4, -0.2) is 34.2 Å². The van der Waals surface area contributed by atoms with Gasteiger partial charge < -0.3 is 15.8 Å². The number of anilines is 1. The number of para-hydroxylation sites is 2. The number of esters is 1. The summed E-state index contributed by atoms with van der Waals surface area (Å²) in [4.78, 5) is 36.0. The molecule has 3 N–H and O–H groups in total. The van der Waals surface area contributed by atoms with E-state index in [9.17, 15) is 14.4 Å². The van der Waals surface area contributed by atoms with Crippen molar-refractivity contribution >= 4 is 29.5 Å². The van der Waals surface area contributed by atoms with Crippen LogP contribution in [0.2, 0.25) is 0 Å². The molecule has 2 amide bonds. The molecule has 174 valence electrons. The molecule has 0 unspecified atom stereocenters. The first-order valence-electron chi connectivity index (χ1n) is 10.8. The fourth-order valence-corrected chi connectivity index (χ4v) is 3.38. The lowest BCUT2D eigenvalue weighted by molar-refractivity contribution is -0.142. The van der Waals surface area contributed by atoms with E-state index >= 15 is 0 Å². The van der Waals surface area contributed by atoms with Gasteiger partial charge in [0.1, 0.15) is 0 Å². The third-order valence-electron chi connectivity index (χ3n) is 5.02. The molecular formula is C27H22N4O4. The molecule has 0 aliphatic carbocycles. The molecule has 35 heavy (non-hydrogen) atoms. The third-order valence-corrected chi connectivity index (χ3v) is 5.02. The summed E-state index contributed by atoms with van der Waals surface area (Å²) >= 11 is 0. The van der Waals surface area contributed by atoms with Crippen LogP contribution in [-0.2, 0) is 14.3 Å². The lowest BCUT2D eigenvalue weighted by Gasteiger charge is -2.08. The van der Waals surface area contributed by atoms with Crippen molar-refractivity contribution in [2.45, 2.75) is 0 Å². The normalized spacial score (nSPS) is 10.7. The van der Waals surface area contributed by atoms with Crippen molar-refractivity contribution in [3.8, 4) is 16.9 Å². The minimum atomic E-state index is -0.699. The summed E-state index contributed by atoms with van der Waals surface area (Å²) < 4.78 is 6.79.